The van der Waals surface area contributed by atoms with Crippen molar-refractivity contribution in [2.24, 2.45) is 0 Å². The Morgan fingerprint density at radius 2 is 1.66 bits per heavy atom. The maximum Gasteiger partial charge on any atom is 0.289 e. The molecule has 35 heavy (non-hydrogen) atoms. The Morgan fingerprint density at radius 3 is 2.31 bits per heavy atom. The van der Waals surface area contributed by atoms with Gasteiger partial charge in [-0.2, -0.15) is 0 Å². The minimum atomic E-state index is -0.242. The van der Waals surface area contributed by atoms with Crippen molar-refractivity contribution in [1.82, 2.24) is 9.80 Å². The Bertz CT molecular complexity index is 1130. The maximum atomic E-state index is 13.3. The van der Waals surface area contributed by atoms with Crippen LogP contribution in [-0.2, 0) is 13.1 Å². The largest absolute Gasteiger partial charge is 0.495 e. The lowest BCUT2D eigenvalue weighted by atomic mass is 10.0. The Balaban J connectivity index is 1.38. The minimum Gasteiger partial charge on any atom is -0.495 e. The second kappa shape index (κ2) is 10.5. The van der Waals surface area contributed by atoms with Gasteiger partial charge in [-0.15, -0.1) is 0 Å². The number of amides is 1. The molecular weight excluding hydrogens is 445 g/mol. The summed E-state index contributed by atoms with van der Waals surface area (Å²) in [6.07, 6.45) is 0. The van der Waals surface area contributed by atoms with E-state index in [0.717, 1.165) is 35.9 Å². The van der Waals surface area contributed by atoms with Crippen LogP contribution < -0.4 is 9.64 Å². The Hall–Kier alpha value is -3.32. The number of para-hydroxylation sites is 2. The maximum absolute atomic E-state index is 13.3. The van der Waals surface area contributed by atoms with Gasteiger partial charge in [0.2, 0.25) is 0 Å². The van der Waals surface area contributed by atoms with Crippen LogP contribution in [0.2, 0.25) is 0 Å². The van der Waals surface area contributed by atoms with Gasteiger partial charge < -0.3 is 19.0 Å². The molecule has 3 aromatic rings. The third-order valence-electron chi connectivity index (χ3n) is 6.45. The number of rotatable bonds is 7. The molecule has 0 saturated carbocycles. The van der Waals surface area contributed by atoms with E-state index in [1.54, 1.807) is 25.3 Å². The zero-order valence-electron chi connectivity index (χ0n) is 21.0. The van der Waals surface area contributed by atoms with Gasteiger partial charge in [0.05, 0.1) is 19.3 Å². The van der Waals surface area contributed by atoms with E-state index in [0.29, 0.717) is 31.9 Å². The molecule has 4 rings (SSSR count). The van der Waals surface area contributed by atoms with Gasteiger partial charge in [0, 0.05) is 38.3 Å². The fourth-order valence-electron chi connectivity index (χ4n) is 4.30. The number of hydrogen-bond donors (Lipinski definition) is 0. The monoisotopic (exact) mass is 479 g/mol. The number of hydrogen-bond acceptors (Lipinski definition) is 5. The molecule has 186 valence electrons. The lowest BCUT2D eigenvalue weighted by Gasteiger charge is -2.36. The first-order valence-electron chi connectivity index (χ1n) is 12.0. The van der Waals surface area contributed by atoms with Gasteiger partial charge in [-0.25, -0.2) is 4.39 Å². The van der Waals surface area contributed by atoms with E-state index in [1.165, 1.54) is 12.1 Å². The van der Waals surface area contributed by atoms with Crippen LogP contribution in [0.5, 0.6) is 5.75 Å². The minimum absolute atomic E-state index is 0.0863. The van der Waals surface area contributed by atoms with Crippen molar-refractivity contribution >= 4 is 11.6 Å². The second-order valence-electron chi connectivity index (χ2n) is 9.87. The Kier molecular flexibility index (Phi) is 7.45. The fourth-order valence-corrected chi connectivity index (χ4v) is 4.30. The molecule has 1 aromatic heterocycles. The average Bonchev–Trinajstić information content (AvgIpc) is 3.32. The third kappa shape index (κ3) is 6.03. The number of carbonyl (C=O) groups is 1. The van der Waals surface area contributed by atoms with Crippen molar-refractivity contribution in [3.8, 4) is 5.75 Å². The smallest absolute Gasteiger partial charge is 0.289 e. The van der Waals surface area contributed by atoms with Crippen molar-refractivity contribution in [2.45, 2.75) is 39.4 Å². The highest BCUT2D eigenvalue weighted by molar-refractivity contribution is 5.91. The van der Waals surface area contributed by atoms with Crippen LogP contribution in [0.4, 0.5) is 10.1 Å². The van der Waals surface area contributed by atoms with E-state index in [4.69, 9.17) is 9.15 Å². The molecule has 0 radical (unpaired) electrons. The molecule has 1 amide bonds. The molecule has 1 fully saturated rings. The van der Waals surface area contributed by atoms with E-state index >= 15 is 0 Å². The molecule has 6 nitrogen and oxygen atoms in total. The first-order chi connectivity index (χ1) is 16.7. The third-order valence-corrected chi connectivity index (χ3v) is 6.45. The summed E-state index contributed by atoms with van der Waals surface area (Å²) in [7, 11) is 1.67. The van der Waals surface area contributed by atoms with Crippen molar-refractivity contribution in [2.75, 3.05) is 38.2 Å². The fraction of sp³-hybridized carbons (Fsp3) is 0.393. The molecule has 1 saturated heterocycles. The topological polar surface area (TPSA) is 49.2 Å². The number of carbonyl (C=O) groups excluding carboxylic acids is 1. The zero-order valence-corrected chi connectivity index (χ0v) is 21.0. The van der Waals surface area contributed by atoms with Crippen LogP contribution in [0.15, 0.2) is 65.1 Å². The highest BCUT2D eigenvalue weighted by Crippen LogP contribution is 2.29. The number of halogens is 1. The number of benzene rings is 2. The number of ether oxygens (including phenoxy) is 1. The standard InChI is InChI=1S/C28H34FN3O3/c1-28(2,3)32(19-21-9-11-22(29)12-10-21)20-23-13-14-26(35-23)27(33)31-17-15-30(16-18-31)24-7-5-6-8-25(24)34-4/h5-14H,15-20H2,1-4H3. The molecule has 2 heterocycles. The molecular formula is C28H34FN3O3. The van der Waals surface area contributed by atoms with Crippen LogP contribution in [0.3, 0.4) is 0 Å². The average molecular weight is 480 g/mol. The SMILES string of the molecule is COc1ccccc1N1CCN(C(=O)c2ccc(CN(Cc3ccc(F)cc3)C(C)(C)C)o2)CC1. The normalized spacial score (nSPS) is 14.5. The van der Waals surface area contributed by atoms with E-state index in [-0.39, 0.29) is 17.3 Å². The van der Waals surface area contributed by atoms with Crippen molar-refractivity contribution in [1.29, 1.82) is 0 Å². The van der Waals surface area contributed by atoms with Crippen LogP contribution in [-0.4, -0.2) is 54.5 Å². The van der Waals surface area contributed by atoms with Crippen molar-refractivity contribution in [3.63, 3.8) is 0 Å². The molecule has 2 aromatic carbocycles. The van der Waals surface area contributed by atoms with E-state index < -0.39 is 0 Å². The number of nitrogens with zero attached hydrogens (tertiary/aromatic N) is 3. The van der Waals surface area contributed by atoms with Gasteiger partial charge in [-0.05, 0) is 62.7 Å². The van der Waals surface area contributed by atoms with E-state index in [9.17, 15) is 9.18 Å². The second-order valence-corrected chi connectivity index (χ2v) is 9.87. The van der Waals surface area contributed by atoms with Gasteiger partial charge in [0.1, 0.15) is 17.3 Å². The number of anilines is 1. The lowest BCUT2D eigenvalue weighted by molar-refractivity contribution is 0.0703. The van der Waals surface area contributed by atoms with E-state index in [1.807, 2.05) is 35.2 Å². The summed E-state index contributed by atoms with van der Waals surface area (Å²) < 4.78 is 24.8. The van der Waals surface area contributed by atoms with Gasteiger partial charge in [0.25, 0.3) is 5.91 Å². The summed E-state index contributed by atoms with van der Waals surface area (Å²) >= 11 is 0. The van der Waals surface area contributed by atoms with Crippen LogP contribution in [0.1, 0.15) is 42.6 Å². The van der Waals surface area contributed by atoms with Crippen molar-refractivity contribution < 1.29 is 18.3 Å². The first kappa shape index (κ1) is 24.8. The number of methoxy groups -OCH3 is 1. The molecule has 1 aliphatic rings. The van der Waals surface area contributed by atoms with Gasteiger partial charge in [0.15, 0.2) is 5.76 Å². The van der Waals surface area contributed by atoms with Gasteiger partial charge in [-0.3, -0.25) is 9.69 Å². The van der Waals surface area contributed by atoms with Crippen LogP contribution in [0.25, 0.3) is 0 Å². The summed E-state index contributed by atoms with van der Waals surface area (Å²) in [6.45, 7) is 10.3. The predicted octanol–water partition coefficient (Wildman–Crippen LogP) is 5.19. The summed E-state index contributed by atoms with van der Waals surface area (Å²) in [6, 6.07) is 18.2. The molecule has 0 spiro atoms. The highest BCUT2D eigenvalue weighted by Gasteiger charge is 2.27. The highest BCUT2D eigenvalue weighted by atomic mass is 19.1. The van der Waals surface area contributed by atoms with Gasteiger partial charge >= 0.3 is 0 Å². The predicted molar refractivity (Wildman–Crippen MR) is 135 cm³/mol. The molecule has 1 aliphatic heterocycles. The number of piperazine rings is 1. The first-order valence-corrected chi connectivity index (χ1v) is 12.0. The Morgan fingerprint density at radius 1 is 0.971 bits per heavy atom. The van der Waals surface area contributed by atoms with Crippen LogP contribution in [0, 0.1) is 5.82 Å². The molecule has 7 heteroatoms. The molecule has 0 aliphatic carbocycles. The molecule has 0 unspecified atom stereocenters. The van der Waals surface area contributed by atoms with Crippen molar-refractivity contribution in [3.05, 3.63) is 83.6 Å². The summed E-state index contributed by atoms with van der Waals surface area (Å²) in [5, 5.41) is 0. The molecule has 0 atom stereocenters. The molecule has 0 N–H and O–H groups in total. The summed E-state index contributed by atoms with van der Waals surface area (Å²) in [4.78, 5) is 19.5. The van der Waals surface area contributed by atoms with Gasteiger partial charge in [-0.1, -0.05) is 24.3 Å². The summed E-state index contributed by atoms with van der Waals surface area (Å²) in [5.74, 6) is 1.61. The van der Waals surface area contributed by atoms with E-state index in [2.05, 4.69) is 30.6 Å². The summed E-state index contributed by atoms with van der Waals surface area (Å²) in [5.41, 5.74) is 1.93. The lowest BCUT2D eigenvalue weighted by Crippen LogP contribution is -2.48. The van der Waals surface area contributed by atoms with Crippen LogP contribution >= 0.6 is 0 Å². The molecule has 0 bridgehead atoms. The Labute approximate surface area is 206 Å². The zero-order chi connectivity index (χ0) is 25.0. The quantitative estimate of drug-likeness (QED) is 0.467. The number of furan rings is 1.